The summed E-state index contributed by atoms with van der Waals surface area (Å²) in [5.74, 6) is 1.88. The fraction of sp³-hybridized carbons (Fsp3) is 0.684. The molecule has 130 valence electrons. The van der Waals surface area contributed by atoms with Crippen LogP contribution < -0.4 is 4.74 Å². The number of likely N-dealkylation sites (tertiary alicyclic amines) is 1. The van der Waals surface area contributed by atoms with Crippen LogP contribution in [0.2, 0.25) is 0 Å². The molecule has 5 heteroatoms. The highest BCUT2D eigenvalue weighted by Gasteiger charge is 2.42. The molecule has 0 radical (unpaired) electrons. The number of hydrogen-bond donors (Lipinski definition) is 0. The molecule has 2 saturated carbocycles. The minimum atomic E-state index is 0.164. The van der Waals surface area contributed by atoms with Crippen molar-refractivity contribution < 1.29 is 9.53 Å². The van der Waals surface area contributed by atoms with E-state index in [0.29, 0.717) is 24.5 Å². The lowest BCUT2D eigenvalue weighted by Crippen LogP contribution is -2.46. The van der Waals surface area contributed by atoms with Gasteiger partial charge < -0.3 is 9.64 Å². The second kappa shape index (κ2) is 6.71. The van der Waals surface area contributed by atoms with E-state index >= 15 is 0 Å². The summed E-state index contributed by atoms with van der Waals surface area (Å²) in [6.07, 6.45) is 9.61. The Morgan fingerprint density at radius 1 is 1.38 bits per heavy atom. The molecule has 4 rings (SSSR count). The summed E-state index contributed by atoms with van der Waals surface area (Å²) in [4.78, 5) is 21.4. The Kier molecular flexibility index (Phi) is 4.44. The number of nitrogens with zero attached hydrogens (tertiary/aromatic N) is 3. The predicted octanol–water partition coefficient (Wildman–Crippen LogP) is 2.32. The van der Waals surface area contributed by atoms with Crippen molar-refractivity contribution in [2.24, 2.45) is 5.92 Å². The number of carbonyl (C=O) groups is 1. The fourth-order valence-corrected chi connectivity index (χ4v) is 3.84. The monoisotopic (exact) mass is 329 g/mol. The first-order valence-electron chi connectivity index (χ1n) is 9.31. The van der Waals surface area contributed by atoms with Gasteiger partial charge in [0.2, 0.25) is 5.91 Å². The maximum atomic E-state index is 12.9. The van der Waals surface area contributed by atoms with Gasteiger partial charge in [0.25, 0.3) is 0 Å². The van der Waals surface area contributed by atoms with Gasteiger partial charge in [-0.3, -0.25) is 14.7 Å². The lowest BCUT2D eigenvalue weighted by Gasteiger charge is -2.31. The van der Waals surface area contributed by atoms with E-state index in [-0.39, 0.29) is 6.10 Å². The van der Waals surface area contributed by atoms with E-state index in [1.807, 2.05) is 12.1 Å². The van der Waals surface area contributed by atoms with Crippen molar-refractivity contribution in [3.63, 3.8) is 0 Å². The number of amides is 1. The van der Waals surface area contributed by atoms with Crippen molar-refractivity contribution in [2.75, 3.05) is 19.6 Å². The molecule has 1 aromatic heterocycles. The summed E-state index contributed by atoms with van der Waals surface area (Å²) in [7, 11) is 0. The van der Waals surface area contributed by atoms with E-state index in [0.717, 1.165) is 31.2 Å². The van der Waals surface area contributed by atoms with Gasteiger partial charge in [0.05, 0.1) is 12.7 Å². The Balaban J connectivity index is 1.29. The Bertz CT molecular complexity index is 571. The normalized spacial score (nSPS) is 25.5. The highest BCUT2D eigenvalue weighted by atomic mass is 16.5. The van der Waals surface area contributed by atoms with Crippen LogP contribution in [0.25, 0.3) is 0 Å². The predicted molar refractivity (Wildman–Crippen MR) is 91.8 cm³/mol. The number of carbonyl (C=O) groups excluding carboxylic acids is 1. The summed E-state index contributed by atoms with van der Waals surface area (Å²) in [5.41, 5.74) is 0. The molecule has 0 N–H and O–H groups in total. The summed E-state index contributed by atoms with van der Waals surface area (Å²) in [6.45, 7) is 4.55. The third-order valence-corrected chi connectivity index (χ3v) is 5.50. The minimum Gasteiger partial charge on any atom is -0.487 e. The molecule has 5 nitrogen and oxygen atoms in total. The van der Waals surface area contributed by atoms with E-state index in [1.54, 1.807) is 12.4 Å². The molecule has 1 saturated heterocycles. The second-order valence-electron chi connectivity index (χ2n) is 7.56. The number of pyridine rings is 1. The van der Waals surface area contributed by atoms with Crippen LogP contribution in [0.1, 0.15) is 39.0 Å². The number of ether oxygens (including phenoxy) is 1. The molecule has 0 bridgehead atoms. The Morgan fingerprint density at radius 3 is 2.88 bits per heavy atom. The van der Waals surface area contributed by atoms with Gasteiger partial charge in [-0.05, 0) is 57.1 Å². The van der Waals surface area contributed by atoms with E-state index in [9.17, 15) is 4.79 Å². The third kappa shape index (κ3) is 3.72. The lowest BCUT2D eigenvalue weighted by molar-refractivity contribution is -0.135. The second-order valence-corrected chi connectivity index (χ2v) is 7.56. The molecule has 3 aliphatic rings. The fourth-order valence-electron chi connectivity index (χ4n) is 3.84. The van der Waals surface area contributed by atoms with Crippen LogP contribution in [0.15, 0.2) is 24.5 Å². The molecule has 2 aliphatic carbocycles. The van der Waals surface area contributed by atoms with Gasteiger partial charge in [0.15, 0.2) is 0 Å². The average molecular weight is 329 g/mol. The molecule has 1 aliphatic heterocycles. The van der Waals surface area contributed by atoms with Crippen LogP contribution in [0.4, 0.5) is 0 Å². The maximum absolute atomic E-state index is 12.9. The Labute approximate surface area is 144 Å². The number of hydrogen-bond acceptors (Lipinski definition) is 4. The average Bonchev–Trinajstić information content (AvgIpc) is 3.48. The molecule has 3 fully saturated rings. The van der Waals surface area contributed by atoms with Crippen molar-refractivity contribution in [2.45, 2.75) is 57.2 Å². The van der Waals surface area contributed by atoms with Gasteiger partial charge in [0, 0.05) is 31.4 Å². The number of aromatic nitrogens is 1. The van der Waals surface area contributed by atoms with Crippen LogP contribution in [0, 0.1) is 5.92 Å². The van der Waals surface area contributed by atoms with Gasteiger partial charge >= 0.3 is 0 Å². The minimum absolute atomic E-state index is 0.164. The lowest BCUT2D eigenvalue weighted by atomic mass is 10.1. The summed E-state index contributed by atoms with van der Waals surface area (Å²) in [6, 6.07) is 4.76. The molecule has 0 spiro atoms. The van der Waals surface area contributed by atoms with Crippen LogP contribution in [0.5, 0.6) is 5.75 Å². The van der Waals surface area contributed by atoms with Crippen LogP contribution in [-0.2, 0) is 4.79 Å². The summed E-state index contributed by atoms with van der Waals surface area (Å²) < 4.78 is 5.97. The quantitative estimate of drug-likeness (QED) is 0.770. The molecule has 1 aromatic rings. The largest absolute Gasteiger partial charge is 0.487 e. The molecule has 0 aromatic carbocycles. The van der Waals surface area contributed by atoms with Gasteiger partial charge in [-0.15, -0.1) is 0 Å². The van der Waals surface area contributed by atoms with Gasteiger partial charge in [0.1, 0.15) is 11.9 Å². The summed E-state index contributed by atoms with van der Waals surface area (Å²) >= 11 is 0. The topological polar surface area (TPSA) is 45.7 Å². The van der Waals surface area contributed by atoms with E-state index in [4.69, 9.17) is 4.74 Å². The van der Waals surface area contributed by atoms with Gasteiger partial charge in [-0.2, -0.15) is 0 Å². The SMILES string of the molecule is CC(C1CC1)N(C(=O)CN1CCC(Oc2cccnc2)C1)C1CC1. The first-order valence-corrected chi connectivity index (χ1v) is 9.31. The third-order valence-electron chi connectivity index (χ3n) is 5.50. The Hall–Kier alpha value is -1.62. The van der Waals surface area contributed by atoms with E-state index in [1.165, 1.54) is 25.7 Å². The van der Waals surface area contributed by atoms with Gasteiger partial charge in [-0.25, -0.2) is 0 Å². The molecule has 24 heavy (non-hydrogen) atoms. The molecule has 1 amide bonds. The van der Waals surface area contributed by atoms with Crippen molar-refractivity contribution in [3.05, 3.63) is 24.5 Å². The zero-order valence-corrected chi connectivity index (χ0v) is 14.4. The summed E-state index contributed by atoms with van der Waals surface area (Å²) in [5, 5.41) is 0. The Morgan fingerprint density at radius 2 is 2.21 bits per heavy atom. The molecular formula is C19H27N3O2. The van der Waals surface area contributed by atoms with Gasteiger partial charge in [-0.1, -0.05) is 0 Å². The first-order chi connectivity index (χ1) is 11.7. The number of rotatable bonds is 7. The maximum Gasteiger partial charge on any atom is 0.237 e. The zero-order valence-electron chi connectivity index (χ0n) is 14.4. The molecule has 2 atom stereocenters. The van der Waals surface area contributed by atoms with E-state index in [2.05, 4.69) is 21.7 Å². The van der Waals surface area contributed by atoms with Crippen LogP contribution >= 0.6 is 0 Å². The van der Waals surface area contributed by atoms with Crippen LogP contribution in [0.3, 0.4) is 0 Å². The van der Waals surface area contributed by atoms with Crippen LogP contribution in [-0.4, -0.2) is 58.5 Å². The smallest absolute Gasteiger partial charge is 0.237 e. The first kappa shape index (κ1) is 15.9. The highest BCUT2D eigenvalue weighted by Crippen LogP contribution is 2.39. The van der Waals surface area contributed by atoms with Crippen molar-refractivity contribution >= 4 is 5.91 Å². The van der Waals surface area contributed by atoms with Crippen molar-refractivity contribution in [3.8, 4) is 5.75 Å². The molecule has 2 heterocycles. The van der Waals surface area contributed by atoms with E-state index < -0.39 is 0 Å². The van der Waals surface area contributed by atoms with Crippen molar-refractivity contribution in [1.82, 2.24) is 14.8 Å². The standard InChI is InChI=1S/C19H27N3O2/c1-14(15-4-5-15)22(16-6-7-16)19(23)13-21-10-8-18(12-21)24-17-3-2-9-20-11-17/h2-3,9,11,14-16,18H,4-8,10,12-13H2,1H3. The zero-order chi connectivity index (χ0) is 16.5. The molecule has 2 unspecified atom stereocenters. The van der Waals surface area contributed by atoms with Crippen molar-refractivity contribution in [1.29, 1.82) is 0 Å². The molecular weight excluding hydrogens is 302 g/mol. The highest BCUT2D eigenvalue weighted by molar-refractivity contribution is 5.79.